The van der Waals surface area contributed by atoms with Crippen molar-refractivity contribution in [3.63, 3.8) is 0 Å². The van der Waals surface area contributed by atoms with Crippen LogP contribution in [0, 0.1) is 0 Å². The third kappa shape index (κ3) is 25.1. The van der Waals surface area contributed by atoms with E-state index in [0.29, 0.717) is 6.42 Å². The van der Waals surface area contributed by atoms with Crippen LogP contribution in [0.2, 0.25) is 0 Å². The molecule has 2 fully saturated rings. The van der Waals surface area contributed by atoms with Gasteiger partial charge in [0.05, 0.1) is 36.8 Å². The van der Waals surface area contributed by atoms with Gasteiger partial charge in [0, 0.05) is 15.9 Å². The number of carbonyl (C=O) groups is 3. The molecule has 14 heteroatoms. The van der Waals surface area contributed by atoms with Crippen molar-refractivity contribution in [2.24, 2.45) is 0 Å². The molecule has 1 N–H and O–H groups in total. The Kier molecular flexibility index (Phi) is 33.9. The summed E-state index contributed by atoms with van der Waals surface area (Å²) in [5.74, 6) is -1.42. The Bertz CT molecular complexity index is 1180. The average Bonchev–Trinajstić information content (AvgIpc) is 3.25. The lowest BCUT2D eigenvalue weighted by atomic mass is 10.0. The molecule has 0 radical (unpaired) electrons. The third-order valence-corrected chi connectivity index (χ3v) is 14.1. The van der Waals surface area contributed by atoms with E-state index >= 15 is 0 Å². The second-order valence-corrected chi connectivity index (χ2v) is 18.8. The van der Waals surface area contributed by atoms with Gasteiger partial charge < -0.3 is 28.8 Å². The van der Waals surface area contributed by atoms with Gasteiger partial charge in [-0.15, -0.1) is 0 Å². The normalized spacial score (nSPS) is 24.4. The summed E-state index contributed by atoms with van der Waals surface area (Å²) in [5, 5.41) is 3.08. The minimum absolute atomic E-state index is 0.116. The Morgan fingerprint density at radius 3 is 1.67 bits per heavy atom. The largest absolute Gasteiger partial charge is 0.463 e. The molecule has 0 aromatic rings. The predicted octanol–water partition coefficient (Wildman–Crippen LogP) is 12.5. The zero-order chi connectivity index (χ0) is 43.5. The van der Waals surface area contributed by atoms with E-state index in [1.807, 2.05) is 6.08 Å². The number of hydrogen-bond donors (Lipinski definition) is 1. The summed E-state index contributed by atoms with van der Waals surface area (Å²) in [5.41, 5.74) is -1.61. The smallest absolute Gasteiger partial charge is 0.307 e. The van der Waals surface area contributed by atoms with Crippen LogP contribution >= 0.6 is 26.4 Å². The van der Waals surface area contributed by atoms with Crippen LogP contribution in [0.25, 0.3) is 0 Å². The van der Waals surface area contributed by atoms with Crippen LogP contribution < -0.4 is 5.32 Å². The summed E-state index contributed by atoms with van der Waals surface area (Å²) in [6.07, 6.45) is 32.9. The quantitative estimate of drug-likeness (QED) is 0.0292. The van der Waals surface area contributed by atoms with Crippen LogP contribution in [0.1, 0.15) is 206 Å². The number of fused-ring (bicyclic) bond motifs is 2. The predicted molar refractivity (Wildman–Crippen MR) is 244 cm³/mol. The van der Waals surface area contributed by atoms with Crippen molar-refractivity contribution >= 4 is 44.2 Å². The number of rotatable bonds is 33. The van der Waals surface area contributed by atoms with Gasteiger partial charge in [-0.3, -0.25) is 23.5 Å². The van der Waals surface area contributed by atoms with Crippen LogP contribution in [-0.2, 0) is 47.0 Å². The van der Waals surface area contributed by atoms with Crippen molar-refractivity contribution in [1.29, 1.82) is 0 Å². The summed E-state index contributed by atoms with van der Waals surface area (Å²) >= 11 is 0. The summed E-state index contributed by atoms with van der Waals surface area (Å²) in [4.78, 5) is 39.2. The number of esters is 2. The molecule has 2 aliphatic rings. The highest BCUT2D eigenvalue weighted by Gasteiger charge is 2.49. The van der Waals surface area contributed by atoms with Gasteiger partial charge in [0.2, 0.25) is 5.91 Å². The van der Waals surface area contributed by atoms with Crippen molar-refractivity contribution < 1.29 is 47.0 Å². The lowest BCUT2D eigenvalue weighted by Crippen LogP contribution is -2.57. The molecule has 2 aliphatic heterocycles. The fourth-order valence-corrected chi connectivity index (χ4v) is 9.99. The van der Waals surface area contributed by atoms with E-state index in [0.717, 1.165) is 38.5 Å². The first-order valence-corrected chi connectivity index (χ1v) is 26.2. The number of hydrogen-bond acceptors (Lipinski definition) is 10. The van der Waals surface area contributed by atoms with Crippen LogP contribution in [0.5, 0.6) is 0 Å². The van der Waals surface area contributed by atoms with Gasteiger partial charge in [-0.2, -0.15) is 0 Å². The maximum atomic E-state index is 13.5. The van der Waals surface area contributed by atoms with Gasteiger partial charge in [-0.05, 0) is 25.3 Å². The van der Waals surface area contributed by atoms with Gasteiger partial charge in [-0.1, -0.05) is 174 Å². The van der Waals surface area contributed by atoms with E-state index in [9.17, 15) is 23.5 Å². The molecule has 0 aromatic heterocycles. The maximum absolute atomic E-state index is 13.5. The van der Waals surface area contributed by atoms with E-state index in [1.165, 1.54) is 135 Å². The first kappa shape index (κ1) is 54.8. The molecule has 2 rings (SSSR count). The van der Waals surface area contributed by atoms with Crippen molar-refractivity contribution in [3.05, 3.63) is 12.2 Å². The molecule has 60 heavy (non-hydrogen) atoms. The summed E-state index contributed by atoms with van der Waals surface area (Å²) in [6.45, 7) is 4.12. The molecule has 2 heterocycles. The van der Waals surface area contributed by atoms with Crippen molar-refractivity contribution in [3.8, 4) is 0 Å². The Balaban J connectivity index is 2.00. The van der Waals surface area contributed by atoms with Crippen molar-refractivity contribution in [2.45, 2.75) is 248 Å². The molecule has 8 atom stereocenters. The Morgan fingerprint density at radius 2 is 1.17 bits per heavy atom. The highest BCUT2D eigenvalue weighted by atomic mass is 31.1. The molecule has 0 saturated carbocycles. The lowest BCUT2D eigenvalue weighted by Gasteiger charge is -2.41. The highest BCUT2D eigenvalue weighted by molar-refractivity contribution is 7.30. The van der Waals surface area contributed by atoms with Gasteiger partial charge in [-0.25, -0.2) is 0 Å². The molecule has 0 spiro atoms. The monoisotopic (exact) mass is 902 g/mol. The van der Waals surface area contributed by atoms with Crippen LogP contribution in [0.4, 0.5) is 0 Å². The Hall–Kier alpha value is -1.34. The molecular weight excluding hydrogens is 819 g/mol. The fourth-order valence-electron chi connectivity index (χ4n) is 8.00. The van der Waals surface area contributed by atoms with E-state index in [-0.39, 0.29) is 48.9 Å². The molecule has 3 unspecified atom stereocenters. The number of ether oxygens (including phenoxy) is 4. The van der Waals surface area contributed by atoms with Gasteiger partial charge in [0.25, 0.3) is 0 Å². The van der Waals surface area contributed by atoms with E-state index in [2.05, 4.69) is 28.6 Å². The third-order valence-electron chi connectivity index (χ3n) is 11.7. The zero-order valence-corrected chi connectivity index (χ0v) is 40.3. The van der Waals surface area contributed by atoms with Crippen LogP contribution in [0.15, 0.2) is 12.2 Å². The SMILES string of the molecule is CCCCCCCCCCCCC/C=C/[C@H]1OC(=O)CCC(=O)OCC2O[C@@H](OC[C@@H]1NC(=O)CCCCCCCCCCCCCCCCC)C(OP)[C@@H](P=O)[C@@H]2P=O. The molecule has 346 valence electrons. The number of carbonyl (C=O) groups excluding carboxylic acids is 3. The zero-order valence-electron chi connectivity index (χ0n) is 37.4. The molecule has 11 nitrogen and oxygen atoms in total. The number of unbranched alkanes of at least 4 members (excludes halogenated alkanes) is 25. The summed E-state index contributed by atoms with van der Waals surface area (Å²) < 4.78 is 53.9. The number of nitrogens with one attached hydrogen (secondary N) is 1. The fraction of sp³-hybridized carbons (Fsp3) is 0.891. The Labute approximate surface area is 369 Å². The van der Waals surface area contributed by atoms with Crippen molar-refractivity contribution in [2.75, 3.05) is 13.2 Å². The van der Waals surface area contributed by atoms with Gasteiger partial charge >= 0.3 is 11.9 Å². The van der Waals surface area contributed by atoms with Crippen LogP contribution in [-0.4, -0.2) is 73.0 Å². The standard InChI is InChI=1S/C46H82NO10P3/c1-3-5-7-9-11-13-15-17-18-20-22-24-26-28-30-32-40(48)47-37-35-54-46-43(57-58)45(60-52)44(59-51)39(56-46)36-53-41(49)33-34-42(50)55-38(37)31-29-27-25-23-21-19-16-14-12-10-8-6-4-2/h29,31,37-39,43-46H,3-28,30,32-36,58H2,1-2H3,(H,47,48)/b31-29+/t37-,38+,39?,43?,44+,45+,46+/m0/s1. The molecule has 2 bridgehead atoms. The van der Waals surface area contributed by atoms with Gasteiger partial charge in [0.15, 0.2) is 23.2 Å². The second-order valence-electron chi connectivity index (χ2n) is 16.9. The van der Waals surface area contributed by atoms with E-state index < -0.39 is 53.9 Å². The van der Waals surface area contributed by atoms with Gasteiger partial charge in [0.1, 0.15) is 24.9 Å². The second kappa shape index (κ2) is 37.1. The maximum Gasteiger partial charge on any atom is 0.307 e. The highest BCUT2D eigenvalue weighted by Crippen LogP contribution is 2.38. The molecule has 1 amide bonds. The van der Waals surface area contributed by atoms with Crippen LogP contribution in [0.3, 0.4) is 0 Å². The lowest BCUT2D eigenvalue weighted by molar-refractivity contribution is -0.239. The first-order valence-electron chi connectivity index (χ1n) is 24.0. The molecule has 0 aliphatic carbocycles. The summed E-state index contributed by atoms with van der Waals surface area (Å²) in [6, 6.07) is -0.785. The topological polar surface area (TPSA) is 144 Å². The van der Waals surface area contributed by atoms with E-state index in [1.54, 1.807) is 6.08 Å². The number of amides is 1. The average molecular weight is 902 g/mol. The molecule has 0 aromatic carbocycles. The minimum atomic E-state index is -1.11. The Morgan fingerprint density at radius 1 is 0.683 bits per heavy atom. The first-order chi connectivity index (χ1) is 29.4. The summed E-state index contributed by atoms with van der Waals surface area (Å²) in [7, 11) is 1.44. The number of cyclic esters (lactones) is 2. The minimum Gasteiger partial charge on any atom is -0.463 e. The molecule has 2 saturated heterocycles. The molecular formula is C46H82NO10P3. The van der Waals surface area contributed by atoms with Crippen molar-refractivity contribution in [1.82, 2.24) is 5.32 Å². The number of allylic oxidation sites excluding steroid dienone is 1. The van der Waals surface area contributed by atoms with E-state index in [4.69, 9.17) is 23.5 Å².